The Kier molecular flexibility index (Phi) is 10.6. The van der Waals surface area contributed by atoms with Crippen molar-refractivity contribution in [2.75, 3.05) is 0 Å². The van der Waals surface area contributed by atoms with E-state index in [1.165, 1.54) is 9.96 Å². The Morgan fingerprint density at radius 3 is 2.23 bits per heavy atom. The van der Waals surface area contributed by atoms with Gasteiger partial charge in [-0.25, -0.2) is 4.98 Å². The summed E-state index contributed by atoms with van der Waals surface area (Å²) in [4.78, 5) is 14.2. The second kappa shape index (κ2) is 15.2. The topological polar surface area (TPSA) is 56.7 Å². The SMILES string of the molecule is Cc1ccc2c(n1)oc1c(-c3nc4ccccc4n3-c3ccc(C(C)(C)C)cc3)[c-]ccc12.[2H]C(C)(C)c1c[c-]c(-c2cc[c]([Ge]([CH3])([CH3])[CH3])cn2)cc1.[Ir]. The fourth-order valence-corrected chi connectivity index (χ4v) is 8.51. The molecule has 0 bridgehead atoms. The third-order valence-corrected chi connectivity index (χ3v) is 13.8. The molecule has 0 unspecified atom stereocenters. The molecule has 0 aliphatic carbocycles. The Morgan fingerprint density at radius 2 is 1.58 bits per heavy atom. The molecular weight excluding hydrogens is 889 g/mol. The summed E-state index contributed by atoms with van der Waals surface area (Å²) >= 11 is -1.78. The van der Waals surface area contributed by atoms with Crippen LogP contribution in [0.4, 0.5) is 0 Å². The van der Waals surface area contributed by atoms with E-state index >= 15 is 0 Å². The summed E-state index contributed by atoms with van der Waals surface area (Å²) in [5, 5.41) is 2.02. The van der Waals surface area contributed by atoms with Gasteiger partial charge in [-0.15, -0.1) is 18.2 Å². The third kappa shape index (κ3) is 7.96. The minimum Gasteiger partial charge on any atom is 0 e. The number of aryl methyl sites for hydroxylation is 1. The summed E-state index contributed by atoms with van der Waals surface area (Å²) in [5.74, 6) is 7.34. The number of fused-ring (bicyclic) bond motifs is 4. The van der Waals surface area contributed by atoms with Crippen molar-refractivity contribution in [3.63, 3.8) is 0 Å². The first kappa shape index (κ1) is 37.0. The van der Waals surface area contributed by atoms with E-state index in [9.17, 15) is 0 Å². The molecule has 5 nitrogen and oxygen atoms in total. The van der Waals surface area contributed by atoms with Gasteiger partial charge in [-0.3, -0.25) is 4.98 Å². The van der Waals surface area contributed by atoms with Crippen LogP contribution in [0.5, 0.6) is 0 Å². The second-order valence-corrected chi connectivity index (χ2v) is 26.4. The summed E-state index contributed by atoms with van der Waals surface area (Å²) in [6, 6.07) is 41.9. The maximum Gasteiger partial charge on any atom is 0 e. The van der Waals surface area contributed by atoms with E-state index in [1.54, 1.807) is 0 Å². The largest absolute Gasteiger partial charge is 0 e. The van der Waals surface area contributed by atoms with Crippen LogP contribution in [0.2, 0.25) is 17.3 Å². The van der Waals surface area contributed by atoms with Crippen LogP contribution in [-0.2, 0) is 25.5 Å². The average molecular weight is 937 g/mol. The first-order valence-corrected chi connectivity index (χ1v) is 25.2. The molecule has 7 heteroatoms. The minimum atomic E-state index is -1.78. The van der Waals surface area contributed by atoms with Crippen molar-refractivity contribution in [2.45, 2.75) is 70.1 Å². The number of rotatable bonds is 5. The van der Waals surface area contributed by atoms with Gasteiger partial charge in [0, 0.05) is 36.9 Å². The number of benzene rings is 4. The number of pyridine rings is 2. The van der Waals surface area contributed by atoms with Gasteiger partial charge in [-0.2, -0.15) is 0 Å². The van der Waals surface area contributed by atoms with Crippen LogP contribution < -0.4 is 4.40 Å². The molecule has 1 radical (unpaired) electrons. The monoisotopic (exact) mass is 938 g/mol. The molecule has 0 aliphatic heterocycles. The predicted molar refractivity (Wildman–Crippen MR) is 219 cm³/mol. The molecule has 0 atom stereocenters. The van der Waals surface area contributed by atoms with Crippen molar-refractivity contribution in [3.8, 4) is 28.3 Å². The number of aromatic nitrogens is 4. The van der Waals surface area contributed by atoms with E-state index in [0.29, 0.717) is 5.71 Å². The van der Waals surface area contributed by atoms with E-state index in [1.807, 2.05) is 81.6 Å². The summed E-state index contributed by atoms with van der Waals surface area (Å²) in [7, 11) is 0. The summed E-state index contributed by atoms with van der Waals surface area (Å²) in [6.07, 6.45) is 2.02. The average Bonchev–Trinajstić information content (AvgIpc) is 3.69. The zero-order valence-corrected chi connectivity index (χ0v) is 36.4. The molecule has 0 spiro atoms. The summed E-state index contributed by atoms with van der Waals surface area (Å²) in [6.45, 7) is 12.4. The molecule has 8 rings (SSSR count). The van der Waals surface area contributed by atoms with Gasteiger partial charge in [-0.1, -0.05) is 56.0 Å². The molecule has 0 saturated heterocycles. The van der Waals surface area contributed by atoms with Gasteiger partial charge < -0.3 is 8.98 Å². The quantitative estimate of drug-likeness (QED) is 0.127. The Morgan fingerprint density at radius 1 is 0.830 bits per heavy atom. The van der Waals surface area contributed by atoms with Crippen molar-refractivity contribution in [1.29, 1.82) is 0 Å². The van der Waals surface area contributed by atoms with E-state index in [4.69, 9.17) is 10.8 Å². The molecule has 4 heterocycles. The van der Waals surface area contributed by atoms with Gasteiger partial charge in [0.05, 0.1) is 22.4 Å². The molecule has 4 aromatic heterocycles. The third-order valence-electron chi connectivity index (χ3n) is 9.51. The van der Waals surface area contributed by atoms with Crippen LogP contribution in [0.1, 0.15) is 58.7 Å². The van der Waals surface area contributed by atoms with Crippen LogP contribution in [0.25, 0.3) is 61.4 Å². The molecule has 271 valence electrons. The van der Waals surface area contributed by atoms with Crippen molar-refractivity contribution >= 4 is 50.8 Å². The molecule has 53 heavy (non-hydrogen) atoms. The zero-order chi connectivity index (χ0) is 37.7. The number of imidazole rings is 1. The number of para-hydroxylation sites is 2. The number of furan rings is 1. The number of nitrogens with zero attached hydrogens (tertiary/aromatic N) is 4. The first-order chi connectivity index (χ1) is 25.1. The van der Waals surface area contributed by atoms with E-state index in [0.717, 1.165) is 67.0 Å². The van der Waals surface area contributed by atoms with E-state index in [2.05, 4.69) is 113 Å². The maximum absolute atomic E-state index is 8.02. The number of hydrogen-bond acceptors (Lipinski definition) is 4. The minimum absolute atomic E-state index is 0. The van der Waals surface area contributed by atoms with Crippen LogP contribution >= 0.6 is 0 Å². The van der Waals surface area contributed by atoms with Gasteiger partial charge in [0.25, 0.3) is 0 Å². The van der Waals surface area contributed by atoms with Crippen molar-refractivity contribution in [2.24, 2.45) is 0 Å². The van der Waals surface area contributed by atoms with Crippen molar-refractivity contribution in [3.05, 3.63) is 138 Å². The Balaban J connectivity index is 0.000000205. The molecular formula is C46H46GeIrN4O-2. The summed E-state index contributed by atoms with van der Waals surface area (Å²) in [5.41, 5.74) is 10.5. The van der Waals surface area contributed by atoms with Crippen LogP contribution in [0, 0.1) is 19.1 Å². The smallest absolute Gasteiger partial charge is 0 e. The summed E-state index contributed by atoms with van der Waals surface area (Å²) < 4.78 is 17.9. The molecule has 0 amide bonds. The Hall–Kier alpha value is -4.36. The van der Waals surface area contributed by atoms with Gasteiger partial charge in [-0.05, 0) is 54.3 Å². The molecule has 0 N–H and O–H groups in total. The van der Waals surface area contributed by atoms with Crippen LogP contribution in [0.15, 0.2) is 114 Å². The van der Waals surface area contributed by atoms with Crippen LogP contribution in [0.3, 0.4) is 0 Å². The van der Waals surface area contributed by atoms with E-state index in [-0.39, 0.29) is 25.5 Å². The predicted octanol–water partition coefficient (Wildman–Crippen LogP) is 11.6. The van der Waals surface area contributed by atoms with Crippen LogP contribution in [-0.4, -0.2) is 32.8 Å². The Labute approximate surface area is 331 Å². The fraction of sp³-hybridized carbons (Fsp3) is 0.239. The fourth-order valence-electron chi connectivity index (χ4n) is 6.34. The standard InChI is InChI=1S/C29H24N3O.C17H22GeN.Ir/c1-18-12-17-22-21-8-7-9-23(26(21)33-28(22)30-18)27-31-24-10-5-6-11-25(24)32(27)20-15-13-19(14-16-20)29(2,3)4;1-13(2)14-6-8-15(9-7-14)17-11-10-16(12-19-17)18(3,4)5;/h5-8,10-17H,1-4H3;6-8,10-13H,1-5H3;/q2*-1;/i;13D;. The molecule has 0 saturated carbocycles. The van der Waals surface area contributed by atoms with Gasteiger partial charge in [0.1, 0.15) is 0 Å². The normalized spacial score (nSPS) is 12.4. The second-order valence-electron chi connectivity index (χ2n) is 15.7. The maximum atomic E-state index is 8.02. The molecule has 0 aliphatic rings. The Bertz CT molecular complexity index is 2500. The van der Waals surface area contributed by atoms with Gasteiger partial charge in [0.2, 0.25) is 5.71 Å². The van der Waals surface area contributed by atoms with Gasteiger partial charge in [0.15, 0.2) is 0 Å². The molecule has 0 fully saturated rings. The first-order valence-electron chi connectivity index (χ1n) is 18.4. The molecule has 8 aromatic rings. The van der Waals surface area contributed by atoms with E-state index < -0.39 is 19.2 Å². The van der Waals surface area contributed by atoms with Crippen molar-refractivity contribution < 1.29 is 25.9 Å². The molecule has 4 aromatic carbocycles. The van der Waals surface area contributed by atoms with Crippen molar-refractivity contribution in [1.82, 2.24) is 19.5 Å². The zero-order valence-electron chi connectivity index (χ0n) is 32.9. The number of hydrogen-bond donors (Lipinski definition) is 0. The van der Waals surface area contributed by atoms with Gasteiger partial charge >= 0.3 is 120 Å².